The third-order valence-corrected chi connectivity index (χ3v) is 5.27. The first kappa shape index (κ1) is 22.0. The van der Waals surface area contributed by atoms with Crippen LogP contribution >= 0.6 is 11.6 Å². The van der Waals surface area contributed by atoms with Crippen LogP contribution in [-0.4, -0.2) is 27.7 Å². The fourth-order valence-electron chi connectivity index (χ4n) is 3.47. The van der Waals surface area contributed by atoms with Crippen molar-refractivity contribution in [2.75, 3.05) is 18.5 Å². The van der Waals surface area contributed by atoms with Crippen molar-refractivity contribution < 1.29 is 13.9 Å². The molecule has 165 valence electrons. The minimum atomic E-state index is -0.300. The van der Waals surface area contributed by atoms with Gasteiger partial charge in [-0.3, -0.25) is 0 Å². The largest absolute Gasteiger partial charge is 0.487 e. The Balaban J connectivity index is 1.53. The molecular weight excluding hydrogens is 431 g/mol. The van der Waals surface area contributed by atoms with Crippen molar-refractivity contribution in [3.8, 4) is 5.75 Å². The lowest BCUT2D eigenvalue weighted by atomic mass is 10.2. The Kier molecular flexibility index (Phi) is 6.87. The van der Waals surface area contributed by atoms with Crippen LogP contribution in [0.4, 0.5) is 15.9 Å². The lowest BCUT2D eigenvalue weighted by Gasteiger charge is -2.13. The zero-order valence-corrected chi connectivity index (χ0v) is 18.4. The van der Waals surface area contributed by atoms with E-state index >= 15 is 0 Å². The standard InChI is InChI=1S/C24H23ClFN4O2/c1-3-31-10-9-30-16(2)11-21-23(30)24(28-15-27-21)29-19-7-8-22(20(25)13-19)32-14-17-5-4-6-18(26)12-17/h4-8,11-13,15H,1,3,9-10,14H2,2H3,(H,27,28,29). The topological polar surface area (TPSA) is 61.2 Å². The second kappa shape index (κ2) is 9.97. The predicted octanol–water partition coefficient (Wildman–Crippen LogP) is 5.71. The molecule has 4 rings (SSSR count). The predicted molar refractivity (Wildman–Crippen MR) is 124 cm³/mol. The number of aryl methyl sites for hydroxylation is 1. The zero-order valence-electron chi connectivity index (χ0n) is 17.6. The summed E-state index contributed by atoms with van der Waals surface area (Å²) in [5, 5.41) is 3.76. The first-order chi connectivity index (χ1) is 15.5. The van der Waals surface area contributed by atoms with Gasteiger partial charge in [-0.2, -0.15) is 0 Å². The summed E-state index contributed by atoms with van der Waals surface area (Å²) in [6, 6.07) is 13.7. The van der Waals surface area contributed by atoms with Gasteiger partial charge in [-0.15, -0.1) is 0 Å². The van der Waals surface area contributed by atoms with Gasteiger partial charge in [0.25, 0.3) is 0 Å². The Morgan fingerprint density at radius 1 is 1.16 bits per heavy atom. The molecule has 0 aliphatic heterocycles. The van der Waals surface area contributed by atoms with Crippen molar-refractivity contribution in [3.63, 3.8) is 0 Å². The van der Waals surface area contributed by atoms with Gasteiger partial charge in [-0.1, -0.05) is 23.7 Å². The van der Waals surface area contributed by atoms with Gasteiger partial charge in [0.1, 0.15) is 30.0 Å². The van der Waals surface area contributed by atoms with Crippen LogP contribution in [0.2, 0.25) is 5.02 Å². The molecule has 0 fully saturated rings. The smallest absolute Gasteiger partial charge is 0.158 e. The molecule has 1 radical (unpaired) electrons. The molecule has 0 aliphatic carbocycles. The summed E-state index contributed by atoms with van der Waals surface area (Å²) in [4.78, 5) is 8.82. The fraction of sp³-hybridized carbons (Fsp3) is 0.208. The molecule has 0 saturated carbocycles. The van der Waals surface area contributed by atoms with Gasteiger partial charge in [0.15, 0.2) is 5.82 Å². The number of halogens is 2. The molecule has 0 bridgehead atoms. The summed E-state index contributed by atoms with van der Waals surface area (Å²) in [5.41, 5.74) is 4.28. The Labute approximate surface area is 191 Å². The molecular formula is C24H23ClFN4O2. The summed E-state index contributed by atoms with van der Waals surface area (Å²) >= 11 is 6.43. The quantitative estimate of drug-likeness (QED) is 0.329. The molecule has 2 heterocycles. The van der Waals surface area contributed by atoms with Crippen LogP contribution in [0.15, 0.2) is 54.9 Å². The monoisotopic (exact) mass is 453 g/mol. The highest BCUT2D eigenvalue weighted by molar-refractivity contribution is 6.32. The van der Waals surface area contributed by atoms with Crippen molar-refractivity contribution in [1.29, 1.82) is 0 Å². The minimum Gasteiger partial charge on any atom is -0.487 e. The third-order valence-electron chi connectivity index (χ3n) is 4.97. The molecule has 0 unspecified atom stereocenters. The second-order valence-electron chi connectivity index (χ2n) is 7.19. The van der Waals surface area contributed by atoms with Crippen LogP contribution in [-0.2, 0) is 17.9 Å². The summed E-state index contributed by atoms with van der Waals surface area (Å²) in [5.74, 6) is 0.881. The number of rotatable bonds is 9. The maximum Gasteiger partial charge on any atom is 0.158 e. The van der Waals surface area contributed by atoms with E-state index in [2.05, 4.69) is 26.8 Å². The van der Waals surface area contributed by atoms with Crippen molar-refractivity contribution in [2.24, 2.45) is 0 Å². The van der Waals surface area contributed by atoms with Crippen LogP contribution < -0.4 is 10.1 Å². The number of aromatic nitrogens is 3. The lowest BCUT2D eigenvalue weighted by Crippen LogP contribution is -2.09. The molecule has 1 N–H and O–H groups in total. The van der Waals surface area contributed by atoms with E-state index in [0.717, 1.165) is 28.0 Å². The molecule has 32 heavy (non-hydrogen) atoms. The number of anilines is 2. The van der Waals surface area contributed by atoms with Gasteiger partial charge in [0.05, 0.1) is 17.1 Å². The molecule has 0 amide bonds. The highest BCUT2D eigenvalue weighted by atomic mass is 35.5. The number of nitrogens with zero attached hydrogens (tertiary/aromatic N) is 3. The van der Waals surface area contributed by atoms with E-state index in [1.807, 2.05) is 19.1 Å². The zero-order chi connectivity index (χ0) is 22.5. The van der Waals surface area contributed by atoms with E-state index in [1.54, 1.807) is 24.3 Å². The number of hydrogen-bond donors (Lipinski definition) is 1. The Hall–Kier alpha value is -3.16. The normalized spacial score (nSPS) is 11.1. The average Bonchev–Trinajstić information content (AvgIpc) is 3.09. The number of hydrogen-bond acceptors (Lipinski definition) is 5. The van der Waals surface area contributed by atoms with E-state index < -0.39 is 0 Å². The van der Waals surface area contributed by atoms with Crippen molar-refractivity contribution in [1.82, 2.24) is 14.5 Å². The van der Waals surface area contributed by atoms with Gasteiger partial charge >= 0.3 is 0 Å². The number of ether oxygens (including phenoxy) is 2. The van der Waals surface area contributed by atoms with Gasteiger partial charge in [-0.25, -0.2) is 14.4 Å². The van der Waals surface area contributed by atoms with Crippen molar-refractivity contribution in [3.05, 3.63) is 83.9 Å². The molecule has 0 saturated heterocycles. The van der Waals surface area contributed by atoms with E-state index in [-0.39, 0.29) is 12.4 Å². The van der Waals surface area contributed by atoms with Crippen LogP contribution in [0, 0.1) is 19.7 Å². The molecule has 2 aromatic heterocycles. The van der Waals surface area contributed by atoms with Crippen LogP contribution in [0.3, 0.4) is 0 Å². The van der Waals surface area contributed by atoms with Crippen molar-refractivity contribution >= 4 is 34.1 Å². The molecule has 6 nitrogen and oxygen atoms in total. The Morgan fingerprint density at radius 2 is 2.03 bits per heavy atom. The summed E-state index contributed by atoms with van der Waals surface area (Å²) < 4.78 is 26.6. The maximum absolute atomic E-state index is 13.3. The highest BCUT2D eigenvalue weighted by Crippen LogP contribution is 2.31. The summed E-state index contributed by atoms with van der Waals surface area (Å²) in [6.45, 7) is 7.59. The number of fused-ring (bicyclic) bond motifs is 1. The van der Waals surface area contributed by atoms with Crippen LogP contribution in [0.1, 0.15) is 11.3 Å². The SMILES string of the molecule is [CH2]COCCn1c(C)cc2ncnc(Nc3ccc(OCc4cccc(F)c4)c(Cl)c3)c21. The first-order valence-corrected chi connectivity index (χ1v) is 10.5. The average molecular weight is 454 g/mol. The Bertz CT molecular complexity index is 1230. The second-order valence-corrected chi connectivity index (χ2v) is 7.60. The van der Waals surface area contributed by atoms with E-state index in [9.17, 15) is 4.39 Å². The number of benzene rings is 2. The van der Waals surface area contributed by atoms with E-state index in [0.29, 0.717) is 36.3 Å². The van der Waals surface area contributed by atoms with Crippen LogP contribution in [0.25, 0.3) is 11.0 Å². The lowest BCUT2D eigenvalue weighted by molar-refractivity contribution is 0.152. The van der Waals surface area contributed by atoms with Gasteiger partial charge in [0, 0.05) is 24.5 Å². The van der Waals surface area contributed by atoms with Gasteiger partial charge in [-0.05, 0) is 55.8 Å². The molecule has 2 aromatic carbocycles. The Morgan fingerprint density at radius 3 is 2.81 bits per heavy atom. The molecule has 0 spiro atoms. The molecule has 4 aromatic rings. The maximum atomic E-state index is 13.3. The highest BCUT2D eigenvalue weighted by Gasteiger charge is 2.13. The third kappa shape index (κ3) is 5.00. The van der Waals surface area contributed by atoms with Gasteiger partial charge < -0.3 is 19.4 Å². The van der Waals surface area contributed by atoms with E-state index in [4.69, 9.17) is 21.1 Å². The summed E-state index contributed by atoms with van der Waals surface area (Å²) in [6.07, 6.45) is 1.53. The number of nitrogens with one attached hydrogen (secondary N) is 1. The molecule has 0 atom stereocenters. The first-order valence-electron chi connectivity index (χ1n) is 10.2. The minimum absolute atomic E-state index is 0.221. The van der Waals surface area contributed by atoms with Crippen LogP contribution in [0.5, 0.6) is 5.75 Å². The molecule has 0 aliphatic rings. The van der Waals surface area contributed by atoms with Crippen molar-refractivity contribution in [2.45, 2.75) is 20.1 Å². The fourth-order valence-corrected chi connectivity index (χ4v) is 3.71. The molecule has 8 heteroatoms. The van der Waals surface area contributed by atoms with Gasteiger partial charge in [0.2, 0.25) is 0 Å². The van der Waals surface area contributed by atoms with E-state index in [1.165, 1.54) is 18.5 Å². The summed E-state index contributed by atoms with van der Waals surface area (Å²) in [7, 11) is 0.